The van der Waals surface area contributed by atoms with Crippen LogP contribution in [0.5, 0.6) is 0 Å². The zero-order valence-corrected chi connectivity index (χ0v) is 21.2. The number of pyridine rings is 1. The van der Waals surface area contributed by atoms with Gasteiger partial charge in [0.2, 0.25) is 5.91 Å². The van der Waals surface area contributed by atoms with E-state index in [0.29, 0.717) is 22.7 Å². The molecule has 0 radical (unpaired) electrons. The van der Waals surface area contributed by atoms with Crippen LogP contribution in [0.2, 0.25) is 10.2 Å². The molecule has 0 unspecified atom stereocenters. The molecule has 35 heavy (non-hydrogen) atoms. The lowest BCUT2D eigenvalue weighted by molar-refractivity contribution is -0.116. The Morgan fingerprint density at radius 1 is 1.09 bits per heavy atom. The fraction of sp³-hybridized carbons (Fsp3) is 0.360. The molecule has 10 heteroatoms. The molecule has 0 saturated carbocycles. The maximum atomic E-state index is 13.4. The van der Waals surface area contributed by atoms with Crippen molar-refractivity contribution in [3.63, 3.8) is 0 Å². The molecule has 3 heterocycles. The van der Waals surface area contributed by atoms with Gasteiger partial charge >= 0.3 is 0 Å². The second-order valence-electron chi connectivity index (χ2n) is 8.81. The van der Waals surface area contributed by atoms with Crippen molar-refractivity contribution in [3.8, 4) is 11.4 Å². The van der Waals surface area contributed by atoms with Crippen molar-refractivity contribution >= 4 is 40.8 Å². The Balaban J connectivity index is 1.57. The first kappa shape index (κ1) is 25.2. The van der Waals surface area contributed by atoms with E-state index in [1.54, 1.807) is 16.7 Å². The van der Waals surface area contributed by atoms with E-state index < -0.39 is 0 Å². The molecule has 2 N–H and O–H groups in total. The Bertz CT molecular complexity index is 1170. The number of piperidine rings is 1. The van der Waals surface area contributed by atoms with E-state index in [9.17, 15) is 9.59 Å². The number of amides is 2. The normalized spacial score (nSPS) is 14.8. The second kappa shape index (κ2) is 11.2. The third kappa shape index (κ3) is 6.20. The molecule has 3 aromatic rings. The highest BCUT2D eigenvalue weighted by Gasteiger charge is 2.28. The van der Waals surface area contributed by atoms with Crippen LogP contribution in [-0.2, 0) is 11.3 Å². The number of carbonyl (C=O) groups is 2. The number of nitrogens with one attached hydrogen (secondary N) is 2. The van der Waals surface area contributed by atoms with Crippen molar-refractivity contribution in [1.29, 1.82) is 0 Å². The predicted octanol–water partition coefficient (Wildman–Crippen LogP) is 4.49. The number of likely N-dealkylation sites (tertiary alicyclic amines) is 1. The monoisotopic (exact) mass is 514 g/mol. The Hall–Kier alpha value is -2.94. The maximum absolute atomic E-state index is 13.4. The van der Waals surface area contributed by atoms with Crippen molar-refractivity contribution in [1.82, 2.24) is 24.8 Å². The summed E-state index contributed by atoms with van der Waals surface area (Å²) >= 11 is 12.4. The van der Waals surface area contributed by atoms with Gasteiger partial charge < -0.3 is 20.1 Å². The molecular weight excluding hydrogens is 487 g/mol. The number of hydrogen-bond donors (Lipinski definition) is 2. The molecule has 2 aromatic heterocycles. The summed E-state index contributed by atoms with van der Waals surface area (Å²) in [6, 6.07) is 13.1. The molecule has 1 saturated heterocycles. The molecule has 1 fully saturated rings. The van der Waals surface area contributed by atoms with Gasteiger partial charge in [0.25, 0.3) is 5.91 Å². The average molecular weight is 515 g/mol. The van der Waals surface area contributed by atoms with Gasteiger partial charge in [-0.15, -0.1) is 0 Å². The first-order chi connectivity index (χ1) is 16.8. The number of nitrogens with zero attached hydrogens (tertiary/aromatic N) is 4. The summed E-state index contributed by atoms with van der Waals surface area (Å²) < 4.78 is 1.56. The minimum atomic E-state index is -0.370. The van der Waals surface area contributed by atoms with Crippen molar-refractivity contribution < 1.29 is 9.59 Å². The largest absolute Gasteiger partial charge is 0.348 e. The molecule has 1 aliphatic rings. The van der Waals surface area contributed by atoms with Gasteiger partial charge in [0.1, 0.15) is 23.9 Å². The third-order valence-corrected chi connectivity index (χ3v) is 6.55. The lowest BCUT2D eigenvalue weighted by Gasteiger charge is -2.34. The van der Waals surface area contributed by atoms with E-state index in [1.807, 2.05) is 30.3 Å². The van der Waals surface area contributed by atoms with Crippen LogP contribution in [0, 0.1) is 0 Å². The number of halogens is 2. The van der Waals surface area contributed by atoms with Crippen molar-refractivity contribution in [2.75, 3.05) is 18.4 Å². The van der Waals surface area contributed by atoms with Gasteiger partial charge in [0.05, 0.1) is 5.02 Å². The molecule has 8 nitrogen and oxygen atoms in total. The van der Waals surface area contributed by atoms with E-state index in [1.165, 1.54) is 6.20 Å². The molecule has 1 aliphatic heterocycles. The van der Waals surface area contributed by atoms with E-state index in [0.717, 1.165) is 31.5 Å². The van der Waals surface area contributed by atoms with Crippen molar-refractivity contribution in [3.05, 3.63) is 64.5 Å². The Labute approximate surface area is 214 Å². The highest BCUT2D eigenvalue weighted by molar-refractivity contribution is 6.32. The molecule has 4 rings (SSSR count). The number of aromatic nitrogens is 3. The van der Waals surface area contributed by atoms with Crippen LogP contribution in [0.3, 0.4) is 0 Å². The molecular formula is C25H28Cl2N6O2. The molecule has 2 amide bonds. The van der Waals surface area contributed by atoms with Gasteiger partial charge in [0, 0.05) is 36.9 Å². The van der Waals surface area contributed by atoms with Crippen molar-refractivity contribution in [2.45, 2.75) is 45.3 Å². The van der Waals surface area contributed by atoms with Crippen LogP contribution in [0.25, 0.3) is 11.4 Å². The Morgan fingerprint density at radius 2 is 1.80 bits per heavy atom. The number of imidazole rings is 1. The minimum Gasteiger partial charge on any atom is -0.348 e. The first-order valence-corrected chi connectivity index (χ1v) is 12.3. The van der Waals surface area contributed by atoms with Gasteiger partial charge in [-0.25, -0.2) is 9.97 Å². The van der Waals surface area contributed by atoms with Crippen LogP contribution in [0.1, 0.15) is 37.2 Å². The smallest absolute Gasteiger partial charge is 0.271 e. The number of anilines is 1. The zero-order chi connectivity index (χ0) is 24.9. The number of rotatable bonds is 7. The Morgan fingerprint density at radius 3 is 2.43 bits per heavy atom. The summed E-state index contributed by atoms with van der Waals surface area (Å²) in [7, 11) is 0. The maximum Gasteiger partial charge on any atom is 0.271 e. The van der Waals surface area contributed by atoms with E-state index in [-0.39, 0.29) is 35.2 Å². The van der Waals surface area contributed by atoms with E-state index in [2.05, 4.69) is 39.3 Å². The summed E-state index contributed by atoms with van der Waals surface area (Å²) in [6.45, 7) is 6.02. The predicted molar refractivity (Wildman–Crippen MR) is 138 cm³/mol. The number of hydrogen-bond acceptors (Lipinski definition) is 5. The summed E-state index contributed by atoms with van der Waals surface area (Å²) in [5.74, 6) is 0.0832. The summed E-state index contributed by atoms with van der Waals surface area (Å²) in [5.41, 5.74) is 0.909. The van der Waals surface area contributed by atoms with Gasteiger partial charge in [-0.05, 0) is 38.8 Å². The molecule has 0 bridgehead atoms. The number of carbonyl (C=O) groups excluding carboxylic acids is 2. The fourth-order valence-corrected chi connectivity index (χ4v) is 4.57. The first-order valence-electron chi connectivity index (χ1n) is 11.6. The van der Waals surface area contributed by atoms with Crippen LogP contribution in [-0.4, -0.2) is 56.4 Å². The highest BCUT2D eigenvalue weighted by atomic mass is 35.5. The van der Waals surface area contributed by atoms with Gasteiger partial charge in [-0.1, -0.05) is 53.5 Å². The molecule has 0 aliphatic carbocycles. The lowest BCUT2D eigenvalue weighted by atomic mass is 10.0. The SMILES string of the molecule is CC(C)N1CCC(NC(=O)c2c(Cl)nc(-c3ccccc3)n2CC(=O)Nc2ccc(Cl)cn2)CC1. The van der Waals surface area contributed by atoms with Gasteiger partial charge in [-0.2, -0.15) is 0 Å². The Kier molecular flexibility index (Phi) is 8.05. The topological polar surface area (TPSA) is 92.2 Å². The van der Waals surface area contributed by atoms with Gasteiger partial charge in [-0.3, -0.25) is 9.59 Å². The van der Waals surface area contributed by atoms with Crippen LogP contribution < -0.4 is 10.6 Å². The average Bonchev–Trinajstić information content (AvgIpc) is 3.17. The fourth-order valence-electron chi connectivity index (χ4n) is 4.19. The third-order valence-electron chi connectivity index (χ3n) is 6.06. The molecule has 0 spiro atoms. The lowest BCUT2D eigenvalue weighted by Crippen LogP contribution is -2.47. The molecule has 0 atom stereocenters. The standard InChI is InChI=1S/C25H28Cl2N6O2/c1-16(2)32-12-10-19(11-13-32)29-25(35)22-23(27)31-24(17-6-4-3-5-7-17)33(22)15-21(34)30-20-9-8-18(26)14-28-20/h3-9,14,16,19H,10-13,15H2,1-2H3,(H,29,35)(H,28,30,34). The van der Waals surface area contributed by atoms with Crippen LogP contribution in [0.15, 0.2) is 48.7 Å². The quantitative estimate of drug-likeness (QED) is 0.484. The molecule has 1 aromatic carbocycles. The van der Waals surface area contributed by atoms with E-state index in [4.69, 9.17) is 23.2 Å². The summed E-state index contributed by atoms with van der Waals surface area (Å²) in [6.07, 6.45) is 3.15. The van der Waals surface area contributed by atoms with E-state index >= 15 is 0 Å². The minimum absolute atomic E-state index is 0.0317. The molecule has 184 valence electrons. The second-order valence-corrected chi connectivity index (χ2v) is 9.61. The van der Waals surface area contributed by atoms with Crippen LogP contribution >= 0.6 is 23.2 Å². The van der Waals surface area contributed by atoms with Gasteiger partial charge in [0.15, 0.2) is 5.15 Å². The highest BCUT2D eigenvalue weighted by Crippen LogP contribution is 2.26. The van der Waals surface area contributed by atoms with Crippen molar-refractivity contribution in [2.24, 2.45) is 0 Å². The van der Waals surface area contributed by atoms with Crippen LogP contribution in [0.4, 0.5) is 5.82 Å². The zero-order valence-electron chi connectivity index (χ0n) is 19.7. The summed E-state index contributed by atoms with van der Waals surface area (Å²) in [5, 5.41) is 6.35. The summed E-state index contributed by atoms with van der Waals surface area (Å²) in [4.78, 5) is 37.2. The number of benzene rings is 1.